The largest absolute Gasteiger partial charge is 0.356 e. The molecule has 2 aromatic carbocycles. The Hall–Kier alpha value is -3.12. The monoisotopic (exact) mass is 430 g/mol. The van der Waals surface area contributed by atoms with E-state index < -0.39 is 0 Å². The fourth-order valence-electron chi connectivity index (χ4n) is 3.67. The molecule has 0 unspecified atom stereocenters. The molecule has 1 saturated heterocycles. The smallest absolute Gasteiger partial charge is 0.251 e. The van der Waals surface area contributed by atoms with Gasteiger partial charge in [0.25, 0.3) is 5.91 Å². The van der Waals surface area contributed by atoms with Gasteiger partial charge in [-0.25, -0.2) is 4.99 Å². The number of nitrogens with one attached hydrogen (secondary N) is 1. The van der Waals surface area contributed by atoms with E-state index in [1.54, 1.807) is 31.2 Å². The van der Waals surface area contributed by atoms with E-state index in [-0.39, 0.29) is 5.91 Å². The minimum atomic E-state index is -0.0794. The zero-order valence-corrected chi connectivity index (χ0v) is 18.4. The van der Waals surface area contributed by atoms with Crippen molar-refractivity contribution in [1.82, 2.24) is 15.2 Å². The highest BCUT2D eigenvalue weighted by atomic mass is 32.2. The predicted octanol–water partition coefficient (Wildman–Crippen LogP) is 5.16. The molecule has 2 aliphatic rings. The molecule has 5 nitrogen and oxygen atoms in total. The van der Waals surface area contributed by atoms with Crippen molar-refractivity contribution in [3.8, 4) is 0 Å². The van der Waals surface area contributed by atoms with E-state index >= 15 is 0 Å². The van der Waals surface area contributed by atoms with Crippen LogP contribution in [0, 0.1) is 0 Å². The number of amides is 1. The number of aliphatic imine (C=N–C) groups is 1. The highest BCUT2D eigenvalue weighted by Gasteiger charge is 2.23. The standard InChI is InChI=1S/C20H21N3OS.C5H5N/c1-21-20(24)14-9-10-18-16(13-14)22-19(23-11-5-2-6-12-23)15-7-3-4-8-17(15)25-18;1-2-4-6-5-3-1/h3-4,7-10,13H,2,5-6,11-12H2,1H3,(H,21,24);1-5H. The van der Waals surface area contributed by atoms with Gasteiger partial charge in [0.15, 0.2) is 0 Å². The Morgan fingerprint density at radius 3 is 2.39 bits per heavy atom. The van der Waals surface area contributed by atoms with Gasteiger partial charge in [-0.15, -0.1) is 0 Å². The zero-order chi connectivity index (χ0) is 21.5. The number of likely N-dealkylation sites (tertiary alicyclic amines) is 1. The first kappa shape index (κ1) is 21.1. The molecule has 1 aromatic heterocycles. The van der Waals surface area contributed by atoms with Crippen LogP contribution in [0.3, 0.4) is 0 Å². The van der Waals surface area contributed by atoms with Crippen LogP contribution in [0.5, 0.6) is 0 Å². The summed E-state index contributed by atoms with van der Waals surface area (Å²) in [4.78, 5) is 25.5. The van der Waals surface area contributed by atoms with Crippen molar-refractivity contribution < 1.29 is 4.79 Å². The SMILES string of the molecule is CNC(=O)c1ccc2c(c1)N=C(N1CCCCC1)c1ccccc1S2.c1ccncc1. The molecular formula is C25H26N4OS. The Kier molecular flexibility index (Phi) is 6.99. The number of benzene rings is 2. The quantitative estimate of drug-likeness (QED) is 0.580. The average Bonchev–Trinajstić information content (AvgIpc) is 3.02. The molecule has 3 heterocycles. The van der Waals surface area contributed by atoms with Gasteiger partial charge in [0.05, 0.1) is 5.69 Å². The lowest BCUT2D eigenvalue weighted by molar-refractivity contribution is 0.0963. The molecule has 158 valence electrons. The summed E-state index contributed by atoms with van der Waals surface area (Å²) >= 11 is 1.73. The fourth-order valence-corrected chi connectivity index (χ4v) is 4.67. The van der Waals surface area contributed by atoms with Gasteiger partial charge in [0.2, 0.25) is 0 Å². The number of carbonyl (C=O) groups excluding carboxylic acids is 1. The van der Waals surface area contributed by atoms with E-state index in [0.29, 0.717) is 5.56 Å². The van der Waals surface area contributed by atoms with Gasteiger partial charge < -0.3 is 10.2 Å². The summed E-state index contributed by atoms with van der Waals surface area (Å²) in [6.07, 6.45) is 7.20. The second kappa shape index (κ2) is 10.3. The first-order chi connectivity index (χ1) is 15.3. The Balaban J connectivity index is 0.000000334. The minimum absolute atomic E-state index is 0.0794. The molecule has 0 saturated carbocycles. The molecule has 0 spiro atoms. The zero-order valence-electron chi connectivity index (χ0n) is 17.6. The van der Waals surface area contributed by atoms with Gasteiger partial charge in [0.1, 0.15) is 5.84 Å². The highest BCUT2D eigenvalue weighted by molar-refractivity contribution is 7.99. The van der Waals surface area contributed by atoms with Crippen LogP contribution in [0.25, 0.3) is 0 Å². The number of hydrogen-bond donors (Lipinski definition) is 1. The van der Waals surface area contributed by atoms with Crippen molar-refractivity contribution in [3.63, 3.8) is 0 Å². The number of nitrogens with zero attached hydrogens (tertiary/aromatic N) is 3. The topological polar surface area (TPSA) is 57.6 Å². The normalized spacial score (nSPS) is 14.7. The fraction of sp³-hybridized carbons (Fsp3) is 0.240. The number of pyridine rings is 1. The molecule has 2 aliphatic heterocycles. The summed E-state index contributed by atoms with van der Waals surface area (Å²) in [6.45, 7) is 2.09. The van der Waals surface area contributed by atoms with Crippen LogP contribution in [0.15, 0.2) is 87.8 Å². The van der Waals surface area contributed by atoms with Crippen molar-refractivity contribution in [3.05, 3.63) is 84.2 Å². The van der Waals surface area contributed by atoms with E-state index in [2.05, 4.69) is 39.5 Å². The number of fused-ring (bicyclic) bond motifs is 2. The number of carbonyl (C=O) groups is 1. The lowest BCUT2D eigenvalue weighted by Crippen LogP contribution is -2.36. The molecule has 6 heteroatoms. The molecule has 5 rings (SSSR count). The Labute approximate surface area is 187 Å². The van der Waals surface area contributed by atoms with Gasteiger partial charge in [0, 0.05) is 53.4 Å². The molecule has 1 fully saturated rings. The highest BCUT2D eigenvalue weighted by Crippen LogP contribution is 2.41. The molecule has 0 aliphatic carbocycles. The number of hydrogen-bond acceptors (Lipinski definition) is 5. The summed E-state index contributed by atoms with van der Waals surface area (Å²) in [7, 11) is 1.65. The summed E-state index contributed by atoms with van der Waals surface area (Å²) in [5.41, 5.74) is 2.71. The third-order valence-electron chi connectivity index (χ3n) is 5.24. The number of rotatable bonds is 1. The van der Waals surface area contributed by atoms with Crippen LogP contribution in [0.2, 0.25) is 0 Å². The Morgan fingerprint density at radius 2 is 1.71 bits per heavy atom. The van der Waals surface area contributed by atoms with E-state index in [4.69, 9.17) is 4.99 Å². The molecule has 0 radical (unpaired) electrons. The number of piperidine rings is 1. The van der Waals surface area contributed by atoms with Crippen molar-refractivity contribution >= 4 is 29.2 Å². The average molecular weight is 431 g/mol. The predicted molar refractivity (Wildman–Crippen MR) is 126 cm³/mol. The second-order valence-electron chi connectivity index (χ2n) is 7.37. The molecule has 0 bridgehead atoms. The summed E-state index contributed by atoms with van der Waals surface area (Å²) in [6, 6.07) is 19.9. The number of aromatic nitrogens is 1. The third-order valence-corrected chi connectivity index (χ3v) is 6.39. The van der Waals surface area contributed by atoms with E-state index in [9.17, 15) is 4.79 Å². The maximum absolute atomic E-state index is 12.0. The summed E-state index contributed by atoms with van der Waals surface area (Å²) < 4.78 is 0. The summed E-state index contributed by atoms with van der Waals surface area (Å²) in [5.74, 6) is 0.958. The van der Waals surface area contributed by atoms with Crippen LogP contribution in [0.4, 0.5) is 5.69 Å². The maximum atomic E-state index is 12.0. The lowest BCUT2D eigenvalue weighted by atomic mass is 10.1. The van der Waals surface area contributed by atoms with Crippen LogP contribution in [-0.2, 0) is 0 Å². The molecule has 3 aromatic rings. The molecule has 1 N–H and O–H groups in total. The molecule has 1 amide bonds. The van der Waals surface area contributed by atoms with Gasteiger partial charge in [-0.3, -0.25) is 9.78 Å². The van der Waals surface area contributed by atoms with Crippen LogP contribution >= 0.6 is 11.8 Å². The lowest BCUT2D eigenvalue weighted by Gasteiger charge is -2.30. The van der Waals surface area contributed by atoms with Crippen molar-refractivity contribution in [2.45, 2.75) is 29.1 Å². The van der Waals surface area contributed by atoms with Crippen molar-refractivity contribution in [1.29, 1.82) is 0 Å². The van der Waals surface area contributed by atoms with Gasteiger partial charge in [-0.1, -0.05) is 36.0 Å². The van der Waals surface area contributed by atoms with Crippen molar-refractivity contribution in [2.24, 2.45) is 4.99 Å². The molecule has 31 heavy (non-hydrogen) atoms. The van der Waals surface area contributed by atoms with E-state index in [1.807, 2.05) is 36.4 Å². The summed E-state index contributed by atoms with van der Waals surface area (Å²) in [5, 5.41) is 2.69. The second-order valence-corrected chi connectivity index (χ2v) is 8.45. The van der Waals surface area contributed by atoms with E-state index in [1.165, 1.54) is 29.7 Å². The van der Waals surface area contributed by atoms with Crippen molar-refractivity contribution in [2.75, 3.05) is 20.1 Å². The first-order valence-electron chi connectivity index (χ1n) is 10.6. The molecular weight excluding hydrogens is 404 g/mol. The van der Waals surface area contributed by atoms with Crippen LogP contribution in [0.1, 0.15) is 35.2 Å². The minimum Gasteiger partial charge on any atom is -0.356 e. The Bertz CT molecular complexity index is 1040. The van der Waals surface area contributed by atoms with E-state index in [0.717, 1.165) is 29.5 Å². The van der Waals surface area contributed by atoms with Gasteiger partial charge in [-0.2, -0.15) is 0 Å². The number of amidine groups is 1. The van der Waals surface area contributed by atoms with Crippen LogP contribution in [-0.4, -0.2) is 41.8 Å². The van der Waals surface area contributed by atoms with Gasteiger partial charge >= 0.3 is 0 Å². The van der Waals surface area contributed by atoms with Gasteiger partial charge in [-0.05, 0) is 55.7 Å². The first-order valence-corrected chi connectivity index (χ1v) is 11.4. The van der Waals surface area contributed by atoms with Crippen LogP contribution < -0.4 is 5.32 Å². The molecule has 0 atom stereocenters. The Morgan fingerprint density at radius 1 is 0.935 bits per heavy atom. The third kappa shape index (κ3) is 5.14. The maximum Gasteiger partial charge on any atom is 0.251 e.